The second kappa shape index (κ2) is 6.79. The summed E-state index contributed by atoms with van der Waals surface area (Å²) in [6.07, 6.45) is -3.55. The summed E-state index contributed by atoms with van der Waals surface area (Å²) < 4.78 is 52.6. The Balaban J connectivity index is 2.10. The van der Waals surface area contributed by atoms with Crippen LogP contribution in [0.3, 0.4) is 0 Å². The highest BCUT2D eigenvalue weighted by molar-refractivity contribution is 5.91. The third-order valence-electron chi connectivity index (χ3n) is 3.13. The number of halogens is 4. The van der Waals surface area contributed by atoms with Crippen molar-refractivity contribution in [1.82, 2.24) is 20.3 Å². The van der Waals surface area contributed by atoms with Crippen LogP contribution in [0.1, 0.15) is 35.5 Å². The van der Waals surface area contributed by atoms with E-state index < -0.39 is 29.1 Å². The summed E-state index contributed by atoms with van der Waals surface area (Å²) in [5.41, 5.74) is -2.37. The molecule has 25 heavy (non-hydrogen) atoms. The van der Waals surface area contributed by atoms with Gasteiger partial charge in [0.2, 0.25) is 0 Å². The molecule has 1 aromatic heterocycles. The Morgan fingerprint density at radius 2 is 2.00 bits per heavy atom. The van der Waals surface area contributed by atoms with E-state index in [0.717, 1.165) is 10.7 Å². The number of aliphatic hydroxyl groups is 1. The molecule has 10 heteroatoms. The molecule has 1 aromatic carbocycles. The molecule has 2 N–H and O–H groups in total. The van der Waals surface area contributed by atoms with Gasteiger partial charge in [-0.3, -0.25) is 4.79 Å². The Labute approximate surface area is 140 Å². The summed E-state index contributed by atoms with van der Waals surface area (Å²) >= 11 is 0. The summed E-state index contributed by atoms with van der Waals surface area (Å²) in [6, 6.07) is 2.61. The molecule has 0 saturated carbocycles. The molecule has 1 heterocycles. The van der Waals surface area contributed by atoms with Crippen molar-refractivity contribution in [3.05, 3.63) is 47.0 Å². The molecule has 0 atom stereocenters. The van der Waals surface area contributed by atoms with E-state index in [0.29, 0.717) is 6.07 Å². The maximum absolute atomic E-state index is 13.3. The minimum atomic E-state index is -4.80. The van der Waals surface area contributed by atoms with E-state index in [9.17, 15) is 27.5 Å². The van der Waals surface area contributed by atoms with Crippen molar-refractivity contribution in [2.24, 2.45) is 0 Å². The lowest BCUT2D eigenvalue weighted by Crippen LogP contribution is -2.38. The first kappa shape index (κ1) is 18.8. The molecule has 0 aliphatic carbocycles. The second-order valence-electron chi connectivity index (χ2n) is 6.11. The van der Waals surface area contributed by atoms with E-state index in [1.807, 2.05) is 0 Å². The van der Waals surface area contributed by atoms with Gasteiger partial charge in [-0.05, 0) is 31.5 Å². The Morgan fingerprint density at radius 1 is 1.32 bits per heavy atom. The summed E-state index contributed by atoms with van der Waals surface area (Å²) in [6.45, 7) is 2.90. The largest absolute Gasteiger partial charge is 0.419 e. The normalized spacial score (nSPS) is 12.3. The number of alkyl halides is 3. The maximum atomic E-state index is 13.3. The first-order valence-electron chi connectivity index (χ1n) is 7.22. The van der Waals surface area contributed by atoms with Gasteiger partial charge in [0.25, 0.3) is 5.91 Å². The molecule has 0 aliphatic heterocycles. The second-order valence-corrected chi connectivity index (χ2v) is 6.11. The Morgan fingerprint density at radius 3 is 2.60 bits per heavy atom. The third kappa shape index (κ3) is 5.24. The van der Waals surface area contributed by atoms with Gasteiger partial charge in [-0.2, -0.15) is 13.2 Å². The molecule has 0 spiro atoms. The van der Waals surface area contributed by atoms with Gasteiger partial charge in [0.15, 0.2) is 5.69 Å². The summed E-state index contributed by atoms with van der Waals surface area (Å²) in [4.78, 5) is 11.9. The number of nitrogens with one attached hydrogen (secondary N) is 1. The van der Waals surface area contributed by atoms with Crippen LogP contribution in [-0.4, -0.2) is 38.2 Å². The van der Waals surface area contributed by atoms with Gasteiger partial charge >= 0.3 is 6.18 Å². The number of benzene rings is 1. The molecule has 6 nitrogen and oxygen atoms in total. The standard InChI is InChI=1S/C15H16F4N4O2/c1-14(2,25)8-20-13(24)12-7-23(22-21-12)6-9-3-4-11(16)10(5-9)15(17,18)19/h3-5,7,25H,6,8H2,1-2H3,(H,20,24). The fraction of sp³-hybridized carbons (Fsp3) is 0.400. The van der Waals surface area contributed by atoms with E-state index in [4.69, 9.17) is 0 Å². The van der Waals surface area contributed by atoms with Crippen LogP contribution in [0.15, 0.2) is 24.4 Å². The predicted octanol–water partition coefficient (Wildman–Crippen LogP) is 1.99. The van der Waals surface area contributed by atoms with Gasteiger partial charge in [0, 0.05) is 6.54 Å². The molecule has 2 aromatic rings. The summed E-state index contributed by atoms with van der Waals surface area (Å²) in [7, 11) is 0. The monoisotopic (exact) mass is 360 g/mol. The van der Waals surface area contributed by atoms with Crippen LogP contribution in [-0.2, 0) is 12.7 Å². The Kier molecular flexibility index (Phi) is 5.12. The number of aromatic nitrogens is 3. The van der Waals surface area contributed by atoms with Gasteiger partial charge < -0.3 is 10.4 Å². The van der Waals surface area contributed by atoms with Crippen LogP contribution in [0.2, 0.25) is 0 Å². The fourth-order valence-electron chi connectivity index (χ4n) is 1.94. The number of carbonyl (C=O) groups is 1. The van der Waals surface area contributed by atoms with Crippen molar-refractivity contribution in [3.8, 4) is 0 Å². The lowest BCUT2D eigenvalue weighted by Gasteiger charge is -2.16. The van der Waals surface area contributed by atoms with Crippen molar-refractivity contribution in [3.63, 3.8) is 0 Å². The van der Waals surface area contributed by atoms with Crippen LogP contribution in [0.5, 0.6) is 0 Å². The number of carbonyl (C=O) groups excluding carboxylic acids is 1. The minimum absolute atomic E-state index is 0.00834. The highest BCUT2D eigenvalue weighted by atomic mass is 19.4. The predicted molar refractivity (Wildman–Crippen MR) is 79.2 cm³/mol. The van der Waals surface area contributed by atoms with Crippen molar-refractivity contribution in [2.75, 3.05) is 6.54 Å². The highest BCUT2D eigenvalue weighted by Gasteiger charge is 2.34. The average molecular weight is 360 g/mol. The molecule has 0 radical (unpaired) electrons. The zero-order chi connectivity index (χ0) is 18.8. The Bertz CT molecular complexity index is 766. The van der Waals surface area contributed by atoms with E-state index in [-0.39, 0.29) is 24.3 Å². The highest BCUT2D eigenvalue weighted by Crippen LogP contribution is 2.32. The van der Waals surface area contributed by atoms with Gasteiger partial charge in [0.05, 0.1) is 23.9 Å². The van der Waals surface area contributed by atoms with Crippen LogP contribution in [0.4, 0.5) is 17.6 Å². The molecule has 0 saturated heterocycles. The zero-order valence-electron chi connectivity index (χ0n) is 13.4. The van der Waals surface area contributed by atoms with Crippen molar-refractivity contribution < 1.29 is 27.5 Å². The average Bonchev–Trinajstić information content (AvgIpc) is 2.93. The smallest absolute Gasteiger partial charge is 0.389 e. The van der Waals surface area contributed by atoms with E-state index in [2.05, 4.69) is 15.6 Å². The van der Waals surface area contributed by atoms with Crippen LogP contribution in [0.25, 0.3) is 0 Å². The molecule has 136 valence electrons. The number of amides is 1. The number of nitrogens with zero attached hydrogens (tertiary/aromatic N) is 3. The summed E-state index contributed by atoms with van der Waals surface area (Å²) in [5.74, 6) is -1.94. The SMILES string of the molecule is CC(C)(O)CNC(=O)c1cn(Cc2ccc(F)c(C(F)(F)F)c2)nn1. The van der Waals surface area contributed by atoms with E-state index in [1.165, 1.54) is 26.1 Å². The van der Waals surface area contributed by atoms with Crippen molar-refractivity contribution in [2.45, 2.75) is 32.2 Å². The van der Waals surface area contributed by atoms with Crippen molar-refractivity contribution >= 4 is 5.91 Å². The van der Waals surface area contributed by atoms with Gasteiger partial charge in [-0.25, -0.2) is 9.07 Å². The fourth-order valence-corrected chi connectivity index (χ4v) is 1.94. The van der Waals surface area contributed by atoms with Crippen molar-refractivity contribution in [1.29, 1.82) is 0 Å². The maximum Gasteiger partial charge on any atom is 0.419 e. The molecular weight excluding hydrogens is 344 g/mol. The third-order valence-corrected chi connectivity index (χ3v) is 3.13. The first-order valence-corrected chi connectivity index (χ1v) is 7.22. The van der Waals surface area contributed by atoms with E-state index >= 15 is 0 Å². The van der Waals surface area contributed by atoms with Crippen LogP contribution >= 0.6 is 0 Å². The Hall–Kier alpha value is -2.49. The topological polar surface area (TPSA) is 80.0 Å². The lowest BCUT2D eigenvalue weighted by atomic mass is 10.1. The number of hydrogen-bond acceptors (Lipinski definition) is 4. The molecule has 0 fully saturated rings. The lowest BCUT2D eigenvalue weighted by molar-refractivity contribution is -0.140. The van der Waals surface area contributed by atoms with Gasteiger partial charge in [-0.15, -0.1) is 5.10 Å². The molecule has 0 aliphatic rings. The van der Waals surface area contributed by atoms with Crippen LogP contribution in [0, 0.1) is 5.82 Å². The van der Waals surface area contributed by atoms with Crippen LogP contribution < -0.4 is 5.32 Å². The number of rotatable bonds is 5. The molecule has 2 rings (SSSR count). The first-order chi connectivity index (χ1) is 11.5. The molecule has 0 unspecified atom stereocenters. The quantitative estimate of drug-likeness (QED) is 0.799. The van der Waals surface area contributed by atoms with Gasteiger partial charge in [-0.1, -0.05) is 11.3 Å². The molecule has 0 bridgehead atoms. The molecular formula is C15H16F4N4O2. The molecule has 1 amide bonds. The van der Waals surface area contributed by atoms with Gasteiger partial charge in [0.1, 0.15) is 5.82 Å². The minimum Gasteiger partial charge on any atom is -0.389 e. The van der Waals surface area contributed by atoms with E-state index in [1.54, 1.807) is 0 Å². The summed E-state index contributed by atoms with van der Waals surface area (Å²) in [5, 5.41) is 19.3. The zero-order valence-corrected chi connectivity index (χ0v) is 13.4. The number of hydrogen-bond donors (Lipinski definition) is 2.